The molecule has 1 aliphatic rings. The van der Waals surface area contributed by atoms with Gasteiger partial charge in [0.15, 0.2) is 6.29 Å². The molecule has 122 valence electrons. The fraction of sp³-hybridized carbons (Fsp3) is 0.895. The normalized spacial score (nSPS) is 18.2. The third-order valence-corrected chi connectivity index (χ3v) is 3.92. The molecule has 0 radical (unpaired) electrons. The van der Waals surface area contributed by atoms with Gasteiger partial charge in [-0.1, -0.05) is 45.4 Å². The summed E-state index contributed by atoms with van der Waals surface area (Å²) in [6.45, 7) is 3.92. The Bertz CT molecular complexity index is 271. The van der Waals surface area contributed by atoms with Crippen molar-refractivity contribution in [1.29, 1.82) is 0 Å². The molecule has 0 amide bonds. The molecule has 0 saturated carbocycles. The zero-order valence-corrected chi connectivity index (χ0v) is 14.0. The van der Waals surface area contributed by atoms with E-state index in [1.165, 1.54) is 57.8 Å². The van der Waals surface area contributed by atoms with Crippen LogP contribution in [0.3, 0.4) is 0 Å². The van der Waals surface area contributed by atoms with E-state index >= 15 is 0 Å². The molecular weight excluding hydrogens is 260 g/mol. The van der Waals surface area contributed by atoms with E-state index in [4.69, 9.17) is 9.47 Å². The van der Waals surface area contributed by atoms with Gasteiger partial charge in [0.1, 0.15) is 0 Å². The van der Waals surface area contributed by atoms with Gasteiger partial charge in [0.25, 0.3) is 0 Å². The first-order chi connectivity index (χ1) is 10.4. The van der Waals surface area contributed by atoms with E-state index in [1.54, 1.807) is 0 Å². The molecule has 0 aromatic heterocycles. The van der Waals surface area contributed by atoms with E-state index in [-0.39, 0.29) is 6.29 Å². The summed E-state index contributed by atoms with van der Waals surface area (Å²) in [5.74, 6) is 6.55. The first kappa shape index (κ1) is 18.5. The lowest BCUT2D eigenvalue weighted by molar-refractivity contribution is -0.162. The van der Waals surface area contributed by atoms with Gasteiger partial charge >= 0.3 is 0 Å². The van der Waals surface area contributed by atoms with Crippen LogP contribution in [0.25, 0.3) is 0 Å². The minimum absolute atomic E-state index is 0.0550. The van der Waals surface area contributed by atoms with E-state index in [9.17, 15) is 0 Å². The Balaban J connectivity index is 1.78. The topological polar surface area (TPSA) is 18.5 Å². The maximum atomic E-state index is 5.68. The third kappa shape index (κ3) is 11.8. The predicted octanol–water partition coefficient (Wildman–Crippen LogP) is 5.45. The van der Waals surface area contributed by atoms with Crippen LogP contribution < -0.4 is 0 Å². The summed E-state index contributed by atoms with van der Waals surface area (Å²) in [7, 11) is 0. The first-order valence-corrected chi connectivity index (χ1v) is 9.12. The van der Waals surface area contributed by atoms with Crippen LogP contribution in [0.2, 0.25) is 0 Å². The van der Waals surface area contributed by atoms with Crippen LogP contribution in [0.4, 0.5) is 0 Å². The molecule has 0 bridgehead atoms. The van der Waals surface area contributed by atoms with Gasteiger partial charge in [-0.05, 0) is 32.1 Å². The highest BCUT2D eigenvalue weighted by atomic mass is 16.7. The molecule has 1 unspecified atom stereocenters. The summed E-state index contributed by atoms with van der Waals surface area (Å²) in [4.78, 5) is 0. The van der Waals surface area contributed by atoms with E-state index in [0.29, 0.717) is 0 Å². The van der Waals surface area contributed by atoms with Crippen molar-refractivity contribution in [2.24, 2.45) is 0 Å². The third-order valence-electron chi connectivity index (χ3n) is 3.92. The van der Waals surface area contributed by atoms with Crippen LogP contribution in [-0.4, -0.2) is 19.5 Å². The molecule has 0 aromatic rings. The van der Waals surface area contributed by atoms with E-state index < -0.39 is 0 Å². The molecule has 1 saturated heterocycles. The summed E-state index contributed by atoms with van der Waals surface area (Å²) in [5, 5.41) is 0. The lowest BCUT2D eigenvalue weighted by Gasteiger charge is -2.22. The SMILES string of the molecule is CCCCCCCCCC#CCCCOC1CCCCO1. The van der Waals surface area contributed by atoms with E-state index in [1.807, 2.05) is 0 Å². The molecular formula is C19H34O2. The minimum atomic E-state index is 0.0550. The number of hydrogen-bond donors (Lipinski definition) is 0. The van der Waals surface area contributed by atoms with Crippen molar-refractivity contribution < 1.29 is 9.47 Å². The van der Waals surface area contributed by atoms with Crippen molar-refractivity contribution in [3.63, 3.8) is 0 Å². The van der Waals surface area contributed by atoms with Gasteiger partial charge < -0.3 is 9.47 Å². The Labute approximate surface area is 132 Å². The largest absolute Gasteiger partial charge is 0.353 e. The highest BCUT2D eigenvalue weighted by molar-refractivity contribution is 4.98. The van der Waals surface area contributed by atoms with Gasteiger partial charge in [-0.2, -0.15) is 0 Å². The molecule has 0 N–H and O–H groups in total. The zero-order valence-electron chi connectivity index (χ0n) is 14.0. The summed E-state index contributed by atoms with van der Waals surface area (Å²) in [6.07, 6.45) is 16.2. The highest BCUT2D eigenvalue weighted by Crippen LogP contribution is 2.13. The van der Waals surface area contributed by atoms with Gasteiger partial charge in [0, 0.05) is 19.4 Å². The molecule has 1 rings (SSSR count). The molecule has 1 aliphatic heterocycles. The Hall–Kier alpha value is -0.520. The van der Waals surface area contributed by atoms with Crippen molar-refractivity contribution in [1.82, 2.24) is 0 Å². The number of unbranched alkanes of at least 4 members (excludes halogenated alkanes) is 8. The molecule has 1 heterocycles. The Kier molecular flexibility index (Phi) is 12.7. The van der Waals surface area contributed by atoms with Gasteiger partial charge in [0.05, 0.1) is 6.61 Å². The maximum Gasteiger partial charge on any atom is 0.157 e. The van der Waals surface area contributed by atoms with Crippen LogP contribution in [-0.2, 0) is 9.47 Å². The summed E-state index contributed by atoms with van der Waals surface area (Å²) < 4.78 is 11.2. The molecule has 2 heteroatoms. The molecule has 0 spiro atoms. The molecule has 21 heavy (non-hydrogen) atoms. The molecule has 2 nitrogen and oxygen atoms in total. The summed E-state index contributed by atoms with van der Waals surface area (Å²) in [5.41, 5.74) is 0. The van der Waals surface area contributed by atoms with Crippen molar-refractivity contribution in [2.45, 2.75) is 96.7 Å². The van der Waals surface area contributed by atoms with Gasteiger partial charge in [-0.15, -0.1) is 11.8 Å². The lowest BCUT2D eigenvalue weighted by atomic mass is 10.1. The van der Waals surface area contributed by atoms with Crippen LogP contribution in [0, 0.1) is 11.8 Å². The Morgan fingerprint density at radius 1 is 0.905 bits per heavy atom. The smallest absolute Gasteiger partial charge is 0.157 e. The average molecular weight is 294 g/mol. The van der Waals surface area contributed by atoms with Crippen LogP contribution in [0.5, 0.6) is 0 Å². The molecule has 1 fully saturated rings. The van der Waals surface area contributed by atoms with Gasteiger partial charge in [-0.25, -0.2) is 0 Å². The minimum Gasteiger partial charge on any atom is -0.353 e. The van der Waals surface area contributed by atoms with Gasteiger partial charge in [-0.3, -0.25) is 0 Å². The first-order valence-electron chi connectivity index (χ1n) is 9.12. The number of rotatable bonds is 11. The van der Waals surface area contributed by atoms with E-state index in [2.05, 4.69) is 18.8 Å². The number of ether oxygens (including phenoxy) is 2. The standard InChI is InChI=1S/C19H34O2/c1-2-3-4-5-6-7-8-9-10-11-12-14-17-20-19-16-13-15-18-21-19/h19H,2-9,12-18H2,1H3. The average Bonchev–Trinajstić information content (AvgIpc) is 2.53. The van der Waals surface area contributed by atoms with Crippen molar-refractivity contribution in [2.75, 3.05) is 13.2 Å². The fourth-order valence-electron chi connectivity index (χ4n) is 2.57. The highest BCUT2D eigenvalue weighted by Gasteiger charge is 2.12. The van der Waals surface area contributed by atoms with Crippen LogP contribution in [0.15, 0.2) is 0 Å². The van der Waals surface area contributed by atoms with Crippen molar-refractivity contribution in [3.05, 3.63) is 0 Å². The van der Waals surface area contributed by atoms with Crippen LogP contribution in [0.1, 0.15) is 90.4 Å². The maximum absolute atomic E-state index is 5.68. The Morgan fingerprint density at radius 3 is 2.33 bits per heavy atom. The predicted molar refractivity (Wildman–Crippen MR) is 89.2 cm³/mol. The van der Waals surface area contributed by atoms with E-state index in [0.717, 1.165) is 38.9 Å². The second-order valence-electron chi connectivity index (χ2n) is 6.00. The zero-order chi connectivity index (χ0) is 15.0. The van der Waals surface area contributed by atoms with Crippen molar-refractivity contribution >= 4 is 0 Å². The molecule has 0 aliphatic carbocycles. The van der Waals surface area contributed by atoms with Crippen molar-refractivity contribution in [3.8, 4) is 11.8 Å². The summed E-state index contributed by atoms with van der Waals surface area (Å²) in [6, 6.07) is 0. The van der Waals surface area contributed by atoms with Crippen LogP contribution >= 0.6 is 0 Å². The summed E-state index contributed by atoms with van der Waals surface area (Å²) >= 11 is 0. The second kappa shape index (κ2) is 14.4. The lowest BCUT2D eigenvalue weighted by Crippen LogP contribution is -2.22. The van der Waals surface area contributed by atoms with Gasteiger partial charge in [0.2, 0.25) is 0 Å². The fourth-order valence-corrected chi connectivity index (χ4v) is 2.57. The molecule has 1 atom stereocenters. The second-order valence-corrected chi connectivity index (χ2v) is 6.00. The number of hydrogen-bond acceptors (Lipinski definition) is 2. The Morgan fingerprint density at radius 2 is 1.62 bits per heavy atom. The molecule has 0 aromatic carbocycles. The monoisotopic (exact) mass is 294 g/mol. The quantitative estimate of drug-likeness (QED) is 0.372.